The second-order valence-corrected chi connectivity index (χ2v) is 6.89. The lowest BCUT2D eigenvalue weighted by atomic mass is 10.1. The van der Waals surface area contributed by atoms with Crippen molar-refractivity contribution in [2.45, 2.75) is 13.5 Å². The lowest BCUT2D eigenvalue weighted by Crippen LogP contribution is -2.29. The number of hydrogen-bond donors (Lipinski definition) is 1. The summed E-state index contributed by atoms with van der Waals surface area (Å²) in [6.45, 7) is 1.18. The van der Waals surface area contributed by atoms with Crippen LogP contribution in [0.3, 0.4) is 0 Å². The summed E-state index contributed by atoms with van der Waals surface area (Å²) in [5.41, 5.74) is 1.48. The van der Waals surface area contributed by atoms with Gasteiger partial charge in [-0.1, -0.05) is 29.4 Å². The van der Waals surface area contributed by atoms with Gasteiger partial charge in [-0.15, -0.1) is 0 Å². The molecule has 9 nitrogen and oxygen atoms in total. The molecule has 0 fully saturated rings. The number of carbonyl (C=O) groups excluding carboxylic acids is 4. The summed E-state index contributed by atoms with van der Waals surface area (Å²) in [7, 11) is 0. The number of nitrogens with zero attached hydrogens (tertiary/aromatic N) is 2. The molecule has 2 heterocycles. The van der Waals surface area contributed by atoms with Gasteiger partial charge < -0.3 is 14.6 Å². The van der Waals surface area contributed by atoms with Gasteiger partial charge in [-0.3, -0.25) is 19.3 Å². The monoisotopic (exact) mass is 419 g/mol. The Morgan fingerprint density at radius 1 is 1.03 bits per heavy atom. The van der Waals surface area contributed by atoms with Crippen molar-refractivity contribution >= 4 is 29.5 Å². The van der Waals surface area contributed by atoms with Gasteiger partial charge in [0, 0.05) is 6.07 Å². The zero-order valence-corrected chi connectivity index (χ0v) is 16.5. The molecule has 0 aliphatic carbocycles. The van der Waals surface area contributed by atoms with Crippen molar-refractivity contribution in [2.24, 2.45) is 0 Å². The number of aryl methyl sites for hydroxylation is 1. The first-order valence-electron chi connectivity index (χ1n) is 9.37. The molecule has 3 aromatic rings. The predicted molar refractivity (Wildman–Crippen MR) is 107 cm³/mol. The molecule has 0 bridgehead atoms. The van der Waals surface area contributed by atoms with Crippen LogP contribution < -0.4 is 5.32 Å². The number of benzene rings is 2. The summed E-state index contributed by atoms with van der Waals surface area (Å²) in [6, 6.07) is 14.5. The summed E-state index contributed by atoms with van der Waals surface area (Å²) in [4.78, 5) is 50.4. The van der Waals surface area contributed by atoms with Crippen molar-refractivity contribution in [1.29, 1.82) is 0 Å². The predicted octanol–water partition coefficient (Wildman–Crippen LogP) is 2.57. The maximum Gasteiger partial charge on any atom is 0.338 e. The van der Waals surface area contributed by atoms with Crippen LogP contribution in [0.2, 0.25) is 0 Å². The van der Waals surface area contributed by atoms with Gasteiger partial charge in [-0.2, -0.15) is 0 Å². The van der Waals surface area contributed by atoms with Crippen LogP contribution in [0.4, 0.5) is 5.82 Å². The molecule has 156 valence electrons. The molecule has 9 heteroatoms. The van der Waals surface area contributed by atoms with E-state index in [0.29, 0.717) is 22.5 Å². The molecule has 31 heavy (non-hydrogen) atoms. The Bertz CT molecular complexity index is 1160. The SMILES string of the molecule is Cc1cc(NC(=O)COC(=O)c2cccc(CN3C(=O)c4ccccc4C3=O)c2)no1. The Hall–Kier alpha value is -4.27. The third-order valence-electron chi connectivity index (χ3n) is 4.61. The fourth-order valence-corrected chi connectivity index (χ4v) is 3.18. The molecule has 0 atom stereocenters. The van der Waals surface area contributed by atoms with Gasteiger partial charge >= 0.3 is 5.97 Å². The maximum atomic E-state index is 12.5. The lowest BCUT2D eigenvalue weighted by Gasteiger charge is -2.14. The molecule has 0 saturated heterocycles. The average molecular weight is 419 g/mol. The molecule has 0 saturated carbocycles. The number of ether oxygens (including phenoxy) is 1. The number of esters is 1. The van der Waals surface area contributed by atoms with E-state index < -0.39 is 18.5 Å². The Morgan fingerprint density at radius 3 is 2.39 bits per heavy atom. The smallest absolute Gasteiger partial charge is 0.338 e. The van der Waals surface area contributed by atoms with Crippen LogP contribution in [0, 0.1) is 6.92 Å². The Labute approximate surface area is 176 Å². The maximum absolute atomic E-state index is 12.5. The van der Waals surface area contributed by atoms with E-state index in [1.807, 2.05) is 0 Å². The minimum absolute atomic E-state index is 0.0134. The van der Waals surface area contributed by atoms with E-state index in [0.717, 1.165) is 4.90 Å². The van der Waals surface area contributed by atoms with E-state index in [9.17, 15) is 19.2 Å². The van der Waals surface area contributed by atoms with E-state index in [4.69, 9.17) is 9.26 Å². The van der Waals surface area contributed by atoms with Crippen LogP contribution in [0.15, 0.2) is 59.1 Å². The summed E-state index contributed by atoms with van der Waals surface area (Å²) >= 11 is 0. The normalized spacial score (nSPS) is 12.6. The molecule has 4 rings (SSSR count). The first kappa shape index (κ1) is 20.0. The molecular weight excluding hydrogens is 402 g/mol. The number of hydrogen-bond acceptors (Lipinski definition) is 7. The number of imide groups is 1. The highest BCUT2D eigenvalue weighted by Gasteiger charge is 2.35. The quantitative estimate of drug-likeness (QED) is 0.482. The van der Waals surface area contributed by atoms with Gasteiger partial charge in [0.25, 0.3) is 17.7 Å². The van der Waals surface area contributed by atoms with E-state index in [-0.39, 0.29) is 29.7 Å². The Morgan fingerprint density at radius 2 is 1.74 bits per heavy atom. The highest BCUT2D eigenvalue weighted by molar-refractivity contribution is 6.21. The highest BCUT2D eigenvalue weighted by atomic mass is 16.5. The van der Waals surface area contributed by atoms with E-state index in [1.165, 1.54) is 18.2 Å². The third kappa shape index (κ3) is 4.20. The lowest BCUT2D eigenvalue weighted by molar-refractivity contribution is -0.119. The van der Waals surface area contributed by atoms with E-state index in [2.05, 4.69) is 10.5 Å². The van der Waals surface area contributed by atoms with Crippen LogP contribution in [-0.2, 0) is 16.1 Å². The minimum Gasteiger partial charge on any atom is -0.452 e. The topological polar surface area (TPSA) is 119 Å². The van der Waals surface area contributed by atoms with Gasteiger partial charge in [0.1, 0.15) is 5.76 Å². The molecule has 1 aliphatic heterocycles. The van der Waals surface area contributed by atoms with Gasteiger partial charge in [-0.25, -0.2) is 4.79 Å². The summed E-state index contributed by atoms with van der Waals surface area (Å²) in [5.74, 6) is -1.29. The van der Waals surface area contributed by atoms with Crippen LogP contribution in [-0.4, -0.2) is 40.4 Å². The van der Waals surface area contributed by atoms with Crippen molar-refractivity contribution in [3.63, 3.8) is 0 Å². The van der Waals surface area contributed by atoms with Gasteiger partial charge in [0.15, 0.2) is 12.4 Å². The number of amides is 3. The second-order valence-electron chi connectivity index (χ2n) is 6.89. The number of aromatic nitrogens is 1. The number of rotatable bonds is 6. The second kappa shape index (κ2) is 8.23. The van der Waals surface area contributed by atoms with Gasteiger partial charge in [0.2, 0.25) is 0 Å². The summed E-state index contributed by atoms with van der Waals surface area (Å²) in [5, 5.41) is 6.07. The third-order valence-corrected chi connectivity index (χ3v) is 4.61. The number of nitrogens with one attached hydrogen (secondary N) is 1. The fraction of sp³-hybridized carbons (Fsp3) is 0.136. The van der Waals surface area contributed by atoms with Crippen LogP contribution in [0.5, 0.6) is 0 Å². The standard InChI is InChI=1S/C22H17N3O6/c1-13-9-18(24-31-13)23-19(26)12-30-22(29)15-6-4-5-14(10-15)11-25-20(27)16-7-2-3-8-17(16)21(25)28/h2-10H,11-12H2,1H3,(H,23,24,26). The molecule has 0 spiro atoms. The van der Waals surface area contributed by atoms with Crippen molar-refractivity contribution in [1.82, 2.24) is 10.1 Å². The molecule has 1 aliphatic rings. The number of anilines is 1. The Balaban J connectivity index is 1.38. The first-order valence-corrected chi connectivity index (χ1v) is 9.37. The fourth-order valence-electron chi connectivity index (χ4n) is 3.18. The van der Waals surface area contributed by atoms with E-state index in [1.54, 1.807) is 43.3 Å². The molecular formula is C22H17N3O6. The molecule has 3 amide bonds. The van der Waals surface area contributed by atoms with Crippen LogP contribution in [0.25, 0.3) is 0 Å². The summed E-state index contributed by atoms with van der Waals surface area (Å²) in [6.07, 6.45) is 0. The molecule has 0 unspecified atom stereocenters. The largest absolute Gasteiger partial charge is 0.452 e. The number of carbonyl (C=O) groups is 4. The zero-order valence-electron chi connectivity index (χ0n) is 16.5. The first-order chi connectivity index (χ1) is 14.9. The molecule has 0 radical (unpaired) electrons. The van der Waals surface area contributed by atoms with Crippen molar-refractivity contribution in [3.8, 4) is 0 Å². The molecule has 1 aromatic heterocycles. The highest BCUT2D eigenvalue weighted by Crippen LogP contribution is 2.24. The summed E-state index contributed by atoms with van der Waals surface area (Å²) < 4.78 is 9.87. The van der Waals surface area contributed by atoms with Crippen molar-refractivity contribution in [2.75, 3.05) is 11.9 Å². The van der Waals surface area contributed by atoms with Crippen molar-refractivity contribution in [3.05, 3.63) is 82.6 Å². The zero-order chi connectivity index (χ0) is 22.0. The molecule has 2 aromatic carbocycles. The van der Waals surface area contributed by atoms with E-state index >= 15 is 0 Å². The Kier molecular flexibility index (Phi) is 5.31. The van der Waals surface area contributed by atoms with Crippen LogP contribution in [0.1, 0.15) is 42.4 Å². The van der Waals surface area contributed by atoms with Crippen LogP contribution >= 0.6 is 0 Å². The van der Waals surface area contributed by atoms with Crippen molar-refractivity contribution < 1.29 is 28.4 Å². The van der Waals surface area contributed by atoms with Gasteiger partial charge in [0.05, 0.1) is 23.2 Å². The molecule has 1 N–H and O–H groups in total. The minimum atomic E-state index is -0.712. The number of fused-ring (bicyclic) bond motifs is 1. The average Bonchev–Trinajstić information content (AvgIpc) is 3.28. The van der Waals surface area contributed by atoms with Gasteiger partial charge in [-0.05, 0) is 36.8 Å².